The normalized spacial score (nSPS) is 18.1. The van der Waals surface area contributed by atoms with Gasteiger partial charge in [-0.3, -0.25) is 9.59 Å². The molecule has 1 aliphatic heterocycles. The summed E-state index contributed by atoms with van der Waals surface area (Å²) in [5.74, 6) is -1.42. The number of likely N-dealkylation sites (tertiary alicyclic amines) is 1. The van der Waals surface area contributed by atoms with Crippen molar-refractivity contribution < 1.29 is 14.7 Å². The minimum atomic E-state index is -1.01. The number of aromatic amines is 1. The summed E-state index contributed by atoms with van der Waals surface area (Å²) >= 11 is 3.35. The lowest BCUT2D eigenvalue weighted by Gasteiger charge is -2.33. The van der Waals surface area contributed by atoms with E-state index < -0.39 is 17.9 Å². The maximum atomic E-state index is 12.9. The van der Waals surface area contributed by atoms with Gasteiger partial charge in [-0.15, -0.1) is 0 Å². The van der Waals surface area contributed by atoms with E-state index in [0.29, 0.717) is 23.9 Å². The number of pyridine rings is 1. The van der Waals surface area contributed by atoms with Crippen molar-refractivity contribution >= 4 is 38.7 Å². The molecule has 2 N–H and O–H groups in total. The van der Waals surface area contributed by atoms with Gasteiger partial charge >= 0.3 is 5.97 Å². The van der Waals surface area contributed by atoms with Crippen molar-refractivity contribution in [3.8, 4) is 0 Å². The van der Waals surface area contributed by atoms with Gasteiger partial charge in [-0.2, -0.15) is 0 Å². The first kappa shape index (κ1) is 15.7. The fraction of sp³-hybridized carbons (Fsp3) is 0.312. The number of halogens is 1. The van der Waals surface area contributed by atoms with E-state index in [1.165, 1.54) is 11.0 Å². The molecule has 1 aliphatic rings. The van der Waals surface area contributed by atoms with Gasteiger partial charge in [0.2, 0.25) is 5.56 Å². The molecule has 3 rings (SSSR count). The second kappa shape index (κ2) is 6.16. The number of H-pyrrole nitrogens is 1. The summed E-state index contributed by atoms with van der Waals surface area (Å²) in [6.45, 7) is 0.387. The SMILES string of the molecule is O=C(O)C1CCCCN1C(=O)c1cc(=O)[nH]c2ccc(Br)cc12. The van der Waals surface area contributed by atoms with Crippen molar-refractivity contribution in [1.29, 1.82) is 0 Å². The van der Waals surface area contributed by atoms with Crippen LogP contribution in [0.1, 0.15) is 29.6 Å². The van der Waals surface area contributed by atoms with E-state index in [2.05, 4.69) is 20.9 Å². The maximum Gasteiger partial charge on any atom is 0.326 e. The average Bonchev–Trinajstić information content (AvgIpc) is 2.54. The molecule has 1 aromatic carbocycles. The number of nitrogens with zero attached hydrogens (tertiary/aromatic N) is 1. The number of carboxylic acid groups (broad SMARTS) is 1. The fourth-order valence-corrected chi connectivity index (χ4v) is 3.35. The van der Waals surface area contributed by atoms with Gasteiger partial charge in [0, 0.05) is 28.0 Å². The predicted molar refractivity (Wildman–Crippen MR) is 88.6 cm³/mol. The van der Waals surface area contributed by atoms with Crippen LogP contribution < -0.4 is 5.56 Å². The average molecular weight is 379 g/mol. The van der Waals surface area contributed by atoms with E-state index in [4.69, 9.17) is 0 Å². The van der Waals surface area contributed by atoms with Crippen molar-refractivity contribution in [2.75, 3.05) is 6.54 Å². The molecule has 2 heterocycles. The van der Waals surface area contributed by atoms with E-state index in [1.54, 1.807) is 18.2 Å². The summed E-state index contributed by atoms with van der Waals surface area (Å²) in [5.41, 5.74) is 0.401. The highest BCUT2D eigenvalue weighted by Gasteiger charge is 2.33. The molecule has 120 valence electrons. The second-order valence-corrected chi connectivity index (χ2v) is 6.50. The van der Waals surface area contributed by atoms with Gasteiger partial charge in [-0.05, 0) is 37.5 Å². The molecule has 6 nitrogen and oxygen atoms in total. The molecule has 23 heavy (non-hydrogen) atoms. The first-order valence-electron chi connectivity index (χ1n) is 7.34. The molecule has 7 heteroatoms. The van der Waals surface area contributed by atoms with E-state index >= 15 is 0 Å². The number of aromatic nitrogens is 1. The summed E-state index contributed by atoms with van der Waals surface area (Å²) in [4.78, 5) is 40.2. The molecule has 0 spiro atoms. The molecule has 1 unspecified atom stereocenters. The topological polar surface area (TPSA) is 90.5 Å². The number of nitrogens with one attached hydrogen (secondary N) is 1. The van der Waals surface area contributed by atoms with Gasteiger partial charge in [0.1, 0.15) is 6.04 Å². The van der Waals surface area contributed by atoms with Crippen molar-refractivity contribution in [1.82, 2.24) is 9.88 Å². The molecule has 1 amide bonds. The van der Waals surface area contributed by atoms with Crippen LogP contribution in [0.25, 0.3) is 10.9 Å². The Hall–Kier alpha value is -2.15. The lowest BCUT2D eigenvalue weighted by Crippen LogP contribution is -2.48. The Labute approximate surface area is 140 Å². The Kier molecular flexibility index (Phi) is 4.21. The van der Waals surface area contributed by atoms with Crippen molar-refractivity contribution in [2.45, 2.75) is 25.3 Å². The quantitative estimate of drug-likeness (QED) is 0.838. The summed E-state index contributed by atoms with van der Waals surface area (Å²) < 4.78 is 0.777. The molecule has 1 aromatic heterocycles. The molecule has 0 saturated carbocycles. The van der Waals surface area contributed by atoms with Gasteiger partial charge in [0.05, 0.1) is 5.56 Å². The number of carbonyl (C=O) groups is 2. The molecular weight excluding hydrogens is 364 g/mol. The lowest BCUT2D eigenvalue weighted by atomic mass is 10.00. The zero-order valence-electron chi connectivity index (χ0n) is 12.2. The van der Waals surface area contributed by atoms with Gasteiger partial charge in [-0.1, -0.05) is 15.9 Å². The maximum absolute atomic E-state index is 12.9. The zero-order valence-corrected chi connectivity index (χ0v) is 13.8. The Bertz CT molecular complexity index is 846. The molecule has 0 radical (unpaired) electrons. The number of hydrogen-bond acceptors (Lipinski definition) is 3. The molecule has 1 fully saturated rings. The van der Waals surface area contributed by atoms with Crippen LogP contribution in [0.15, 0.2) is 33.5 Å². The number of fused-ring (bicyclic) bond motifs is 1. The number of amides is 1. The number of carbonyl (C=O) groups excluding carboxylic acids is 1. The number of hydrogen-bond donors (Lipinski definition) is 2. The third-order valence-electron chi connectivity index (χ3n) is 4.08. The number of benzene rings is 1. The Morgan fingerprint density at radius 3 is 2.78 bits per heavy atom. The minimum Gasteiger partial charge on any atom is -0.480 e. The van der Waals surface area contributed by atoms with Crippen LogP contribution >= 0.6 is 15.9 Å². The lowest BCUT2D eigenvalue weighted by molar-refractivity contribution is -0.143. The highest BCUT2D eigenvalue weighted by Crippen LogP contribution is 2.25. The monoisotopic (exact) mass is 378 g/mol. The van der Waals surface area contributed by atoms with Crippen LogP contribution in [0.3, 0.4) is 0 Å². The van der Waals surface area contributed by atoms with Crippen molar-refractivity contribution in [2.24, 2.45) is 0 Å². The predicted octanol–water partition coefficient (Wildman–Crippen LogP) is 2.37. The third kappa shape index (κ3) is 3.01. The fourth-order valence-electron chi connectivity index (χ4n) is 2.99. The number of rotatable bonds is 2. The molecule has 1 atom stereocenters. The van der Waals surface area contributed by atoms with Crippen molar-refractivity contribution in [3.63, 3.8) is 0 Å². The second-order valence-electron chi connectivity index (χ2n) is 5.59. The van der Waals surface area contributed by atoms with Crippen LogP contribution in [-0.2, 0) is 4.79 Å². The highest BCUT2D eigenvalue weighted by molar-refractivity contribution is 9.10. The zero-order chi connectivity index (χ0) is 16.6. The van der Waals surface area contributed by atoms with Crippen molar-refractivity contribution in [3.05, 3.63) is 44.7 Å². The number of carboxylic acids is 1. The van der Waals surface area contributed by atoms with Gasteiger partial charge in [-0.25, -0.2) is 4.79 Å². The van der Waals surface area contributed by atoms with Crippen LogP contribution in [0, 0.1) is 0 Å². The Balaban J connectivity index is 2.11. The standard InChI is InChI=1S/C16H15BrN2O4/c17-9-4-5-12-10(7-9)11(8-14(20)18-12)15(21)19-6-2-1-3-13(19)16(22)23/h4-5,7-8,13H,1-3,6H2,(H,18,20)(H,22,23). The highest BCUT2D eigenvalue weighted by atomic mass is 79.9. The van der Waals surface area contributed by atoms with E-state index in [1.807, 2.05) is 0 Å². The van der Waals surface area contributed by atoms with E-state index in [0.717, 1.165) is 17.3 Å². The minimum absolute atomic E-state index is 0.234. The Morgan fingerprint density at radius 1 is 1.26 bits per heavy atom. The first-order chi connectivity index (χ1) is 11.0. The van der Waals surface area contributed by atoms with E-state index in [-0.39, 0.29) is 11.1 Å². The molecule has 0 aliphatic carbocycles. The summed E-state index contributed by atoms with van der Waals surface area (Å²) in [6.07, 6.45) is 1.98. The van der Waals surface area contributed by atoms with Crippen LogP contribution in [0.5, 0.6) is 0 Å². The third-order valence-corrected chi connectivity index (χ3v) is 4.58. The largest absolute Gasteiger partial charge is 0.480 e. The summed E-state index contributed by atoms with van der Waals surface area (Å²) in [6, 6.07) is 5.64. The van der Waals surface area contributed by atoms with Crippen LogP contribution in [0.2, 0.25) is 0 Å². The summed E-state index contributed by atoms with van der Waals surface area (Å²) in [5, 5.41) is 9.94. The van der Waals surface area contributed by atoms with E-state index in [9.17, 15) is 19.5 Å². The van der Waals surface area contributed by atoms with Crippen LogP contribution in [0.4, 0.5) is 0 Å². The molecule has 2 aromatic rings. The smallest absolute Gasteiger partial charge is 0.326 e. The number of aliphatic carboxylic acids is 1. The van der Waals surface area contributed by atoms with Gasteiger partial charge in [0.15, 0.2) is 0 Å². The van der Waals surface area contributed by atoms with Gasteiger partial charge in [0.25, 0.3) is 5.91 Å². The molecule has 0 bridgehead atoms. The summed E-state index contributed by atoms with van der Waals surface area (Å²) in [7, 11) is 0. The number of piperidine rings is 1. The first-order valence-corrected chi connectivity index (χ1v) is 8.13. The molecular formula is C16H15BrN2O4. The van der Waals surface area contributed by atoms with Gasteiger partial charge < -0.3 is 15.0 Å². The Morgan fingerprint density at radius 2 is 2.04 bits per heavy atom. The molecule has 1 saturated heterocycles. The van der Waals surface area contributed by atoms with Crippen LogP contribution in [-0.4, -0.2) is 39.5 Å².